The lowest BCUT2D eigenvalue weighted by molar-refractivity contribution is -0.0480. The van der Waals surface area contributed by atoms with E-state index in [1.807, 2.05) is 0 Å². The highest BCUT2D eigenvalue weighted by Gasteiger charge is 2.14. The molecule has 1 atom stereocenters. The van der Waals surface area contributed by atoms with Gasteiger partial charge in [-0.15, -0.1) is 0 Å². The summed E-state index contributed by atoms with van der Waals surface area (Å²) in [6, 6.07) is 0. The number of allylic oxidation sites excluding steroid dienone is 4. The minimum atomic E-state index is 0.0903. The van der Waals surface area contributed by atoms with Gasteiger partial charge >= 0.3 is 0 Å². The maximum Gasteiger partial charge on any atom is 0.157 e. The molecule has 2 N–H and O–H groups in total. The third-order valence-electron chi connectivity index (χ3n) is 8.20. The first-order valence-corrected chi connectivity index (χ1v) is 17.0. The van der Waals surface area contributed by atoms with Gasteiger partial charge in [0.15, 0.2) is 6.29 Å². The van der Waals surface area contributed by atoms with Crippen molar-refractivity contribution in [1.29, 1.82) is 0 Å². The Morgan fingerprint density at radius 2 is 1.24 bits per heavy atom. The van der Waals surface area contributed by atoms with E-state index in [9.17, 15) is 0 Å². The average Bonchev–Trinajstić information content (AvgIpc) is 3.44. The van der Waals surface area contributed by atoms with Gasteiger partial charge in [-0.3, -0.25) is 0 Å². The highest BCUT2D eigenvalue weighted by molar-refractivity contribution is 5.04. The van der Waals surface area contributed by atoms with Gasteiger partial charge in [0, 0.05) is 0 Å². The van der Waals surface area contributed by atoms with E-state index in [0.29, 0.717) is 0 Å². The minimum absolute atomic E-state index is 0.0903. The van der Waals surface area contributed by atoms with Gasteiger partial charge in [0.2, 0.25) is 0 Å². The molecule has 1 aliphatic rings. The van der Waals surface area contributed by atoms with E-state index in [2.05, 4.69) is 32.1 Å². The lowest BCUT2D eigenvalue weighted by Gasteiger charge is -2.16. The molecule has 0 aliphatic carbocycles. The van der Waals surface area contributed by atoms with Gasteiger partial charge in [0.05, 0.1) is 13.2 Å². The molecule has 0 aromatic rings. The van der Waals surface area contributed by atoms with Crippen molar-refractivity contribution in [1.82, 2.24) is 0 Å². The van der Waals surface area contributed by atoms with Crippen molar-refractivity contribution in [3.63, 3.8) is 0 Å². The molecule has 1 unspecified atom stereocenters. The monoisotopic (exact) mass is 534 g/mol. The van der Waals surface area contributed by atoms with E-state index in [4.69, 9.17) is 15.2 Å². The molecule has 1 saturated heterocycles. The average molecular weight is 534 g/mol. The first-order valence-electron chi connectivity index (χ1n) is 17.0. The van der Waals surface area contributed by atoms with E-state index in [0.717, 1.165) is 38.5 Å². The summed E-state index contributed by atoms with van der Waals surface area (Å²) in [4.78, 5) is 0. The number of hydrogen-bond acceptors (Lipinski definition) is 3. The molecule has 0 amide bonds. The first kappa shape index (κ1) is 35.4. The maximum atomic E-state index is 5.82. The highest BCUT2D eigenvalue weighted by Crippen LogP contribution is 2.23. The van der Waals surface area contributed by atoms with Crippen LogP contribution in [0, 0.1) is 5.92 Å². The zero-order valence-electron chi connectivity index (χ0n) is 25.9. The molecule has 0 aromatic carbocycles. The van der Waals surface area contributed by atoms with Gasteiger partial charge in [-0.25, -0.2) is 0 Å². The van der Waals surface area contributed by atoms with Crippen molar-refractivity contribution in [2.24, 2.45) is 11.7 Å². The van der Waals surface area contributed by atoms with E-state index in [1.165, 1.54) is 141 Å². The van der Waals surface area contributed by atoms with E-state index >= 15 is 0 Å². The van der Waals surface area contributed by atoms with Gasteiger partial charge in [0.1, 0.15) is 0 Å². The van der Waals surface area contributed by atoms with Crippen molar-refractivity contribution in [2.45, 2.75) is 174 Å². The molecular weight excluding hydrogens is 466 g/mol. The highest BCUT2D eigenvalue weighted by atomic mass is 16.7. The Morgan fingerprint density at radius 3 is 1.87 bits per heavy atom. The van der Waals surface area contributed by atoms with Crippen molar-refractivity contribution < 1.29 is 9.47 Å². The van der Waals surface area contributed by atoms with Crippen LogP contribution in [0.15, 0.2) is 23.8 Å². The Hall–Kier alpha value is -0.640. The van der Waals surface area contributed by atoms with Crippen molar-refractivity contribution in [3.8, 4) is 0 Å². The summed E-state index contributed by atoms with van der Waals surface area (Å²) >= 11 is 0. The number of unbranched alkanes of at least 4 members (excludes halogenated alkanes) is 15. The summed E-state index contributed by atoms with van der Waals surface area (Å²) in [5, 5.41) is 0. The predicted octanol–water partition coefficient (Wildman–Crippen LogP) is 10.8. The molecule has 1 aliphatic heterocycles. The molecule has 224 valence electrons. The summed E-state index contributed by atoms with van der Waals surface area (Å²) < 4.78 is 11.0. The molecule has 0 spiro atoms. The van der Waals surface area contributed by atoms with Gasteiger partial charge in [-0.1, -0.05) is 127 Å². The van der Waals surface area contributed by atoms with Crippen molar-refractivity contribution in [3.05, 3.63) is 23.8 Å². The van der Waals surface area contributed by atoms with Gasteiger partial charge in [-0.2, -0.15) is 0 Å². The number of ether oxygens (including phenoxy) is 2. The fourth-order valence-electron chi connectivity index (χ4n) is 5.66. The first-order chi connectivity index (χ1) is 18.8. The van der Waals surface area contributed by atoms with Crippen LogP contribution in [0.4, 0.5) is 0 Å². The molecule has 3 heteroatoms. The summed E-state index contributed by atoms with van der Waals surface area (Å²) in [6.45, 7) is 6.99. The van der Waals surface area contributed by atoms with Crippen LogP contribution in [0.3, 0.4) is 0 Å². The van der Waals surface area contributed by atoms with Gasteiger partial charge in [0.25, 0.3) is 0 Å². The molecule has 1 fully saturated rings. The maximum absolute atomic E-state index is 5.82. The third-order valence-corrected chi connectivity index (χ3v) is 8.20. The largest absolute Gasteiger partial charge is 0.350 e. The Balaban J connectivity index is 1.93. The summed E-state index contributed by atoms with van der Waals surface area (Å²) in [5.74, 6) is 0.913. The lowest BCUT2D eigenvalue weighted by atomic mass is 9.90. The Bertz CT molecular complexity index is 538. The number of hydrogen-bond donors (Lipinski definition) is 1. The van der Waals surface area contributed by atoms with Crippen LogP contribution in [-0.4, -0.2) is 26.0 Å². The van der Waals surface area contributed by atoms with Crippen LogP contribution in [0.5, 0.6) is 0 Å². The van der Waals surface area contributed by atoms with Crippen LogP contribution >= 0.6 is 0 Å². The second-order valence-corrected chi connectivity index (χ2v) is 11.9. The molecule has 1 rings (SSSR count). The van der Waals surface area contributed by atoms with Crippen molar-refractivity contribution >= 4 is 0 Å². The summed E-state index contributed by atoms with van der Waals surface area (Å²) in [7, 11) is 0. The molecular formula is C35H67NO2. The quantitative estimate of drug-likeness (QED) is 0.0803. The topological polar surface area (TPSA) is 44.5 Å². The smallest absolute Gasteiger partial charge is 0.157 e. The van der Waals surface area contributed by atoms with Crippen LogP contribution in [0.1, 0.15) is 168 Å². The minimum Gasteiger partial charge on any atom is -0.350 e. The normalized spacial score (nSPS) is 15.7. The van der Waals surface area contributed by atoms with Crippen LogP contribution in [-0.2, 0) is 9.47 Å². The van der Waals surface area contributed by atoms with E-state index in [-0.39, 0.29) is 6.29 Å². The second-order valence-electron chi connectivity index (χ2n) is 11.9. The fraction of sp³-hybridized carbons (Fsp3) is 0.886. The molecule has 0 saturated carbocycles. The summed E-state index contributed by atoms with van der Waals surface area (Å²) in [5.41, 5.74) is 7.37. The zero-order valence-corrected chi connectivity index (χ0v) is 25.9. The summed E-state index contributed by atoms with van der Waals surface area (Å²) in [6.07, 6.45) is 39.5. The fourth-order valence-corrected chi connectivity index (χ4v) is 5.66. The standard InChI is InChI=1S/C35H67NO2/c1-3-4-5-6-13-18-24-33(2)25-19-14-9-7-8-10-15-20-26-34(28-23-30-36)27-21-16-11-12-17-22-29-35-37-31-32-38-35/h13,18,25,34-35H,3-12,14-17,19-24,26-32,36H2,1-2H3/b18-13-,33-25-. The zero-order chi connectivity index (χ0) is 27.4. The molecule has 0 radical (unpaired) electrons. The van der Waals surface area contributed by atoms with Crippen LogP contribution in [0.2, 0.25) is 0 Å². The molecule has 0 aromatic heterocycles. The second kappa shape index (κ2) is 27.9. The Morgan fingerprint density at radius 1 is 0.684 bits per heavy atom. The third kappa shape index (κ3) is 23.3. The predicted molar refractivity (Wildman–Crippen MR) is 168 cm³/mol. The molecule has 1 heterocycles. The SMILES string of the molecule is CCCCC/C=C\C/C(C)=C\CCCCCCCCCC(CCCN)CCCCCCCCC1OCCO1. The number of nitrogens with two attached hydrogens (primary N) is 1. The molecule has 3 nitrogen and oxygen atoms in total. The lowest BCUT2D eigenvalue weighted by Crippen LogP contribution is -2.06. The molecule has 38 heavy (non-hydrogen) atoms. The number of rotatable bonds is 28. The van der Waals surface area contributed by atoms with Crippen LogP contribution in [0.25, 0.3) is 0 Å². The van der Waals surface area contributed by atoms with Crippen LogP contribution < -0.4 is 5.73 Å². The van der Waals surface area contributed by atoms with Gasteiger partial charge < -0.3 is 15.2 Å². The van der Waals surface area contributed by atoms with E-state index < -0.39 is 0 Å². The van der Waals surface area contributed by atoms with Gasteiger partial charge in [-0.05, 0) is 77.2 Å². The van der Waals surface area contributed by atoms with E-state index in [1.54, 1.807) is 5.57 Å². The Labute approximate surface area is 238 Å². The molecule has 0 bridgehead atoms. The van der Waals surface area contributed by atoms with Crippen molar-refractivity contribution in [2.75, 3.05) is 19.8 Å². The Kier molecular flexibility index (Phi) is 26.0.